The summed E-state index contributed by atoms with van der Waals surface area (Å²) in [7, 11) is 0. The van der Waals surface area contributed by atoms with E-state index in [0.717, 1.165) is 38.0 Å². The zero-order valence-corrected chi connectivity index (χ0v) is 15.9. The molecule has 3 nitrogen and oxygen atoms in total. The van der Waals surface area contributed by atoms with Gasteiger partial charge in [0.25, 0.3) is 5.91 Å². The molecule has 0 saturated carbocycles. The maximum atomic E-state index is 12.9. The molecule has 2 aromatic carbocycles. The van der Waals surface area contributed by atoms with Crippen molar-refractivity contribution < 1.29 is 10.1 Å². The van der Waals surface area contributed by atoms with Gasteiger partial charge in [0.2, 0.25) is 0 Å². The minimum absolute atomic E-state index is 0.0576. The first kappa shape index (κ1) is 17.3. The molecule has 1 saturated heterocycles. The third kappa shape index (κ3) is 3.41. The highest BCUT2D eigenvalue weighted by molar-refractivity contribution is 5.96. The molecule has 0 radical (unpaired) electrons. The highest BCUT2D eigenvalue weighted by Gasteiger charge is 2.34. The molecule has 0 unspecified atom stereocenters. The van der Waals surface area contributed by atoms with E-state index in [2.05, 4.69) is 55.6 Å². The molecule has 2 aromatic rings. The molecule has 0 atom stereocenters. The molecule has 2 heterocycles. The van der Waals surface area contributed by atoms with Crippen LogP contribution in [0.4, 0.5) is 0 Å². The normalized spacial score (nSPS) is 21.5. The Morgan fingerprint density at radius 3 is 2.54 bits per heavy atom. The van der Waals surface area contributed by atoms with Gasteiger partial charge in [0.05, 0.1) is 11.6 Å². The predicted molar refractivity (Wildman–Crippen MR) is 107 cm³/mol. The quantitative estimate of drug-likeness (QED) is 0.786. The Hall–Kier alpha value is -2.13. The lowest BCUT2D eigenvalue weighted by Gasteiger charge is -2.32. The zero-order valence-electron chi connectivity index (χ0n) is 15.9. The van der Waals surface area contributed by atoms with Gasteiger partial charge in [0, 0.05) is 25.1 Å². The largest absolute Gasteiger partial charge is 0.339 e. The summed E-state index contributed by atoms with van der Waals surface area (Å²) < 4.78 is 0. The van der Waals surface area contributed by atoms with Crippen molar-refractivity contribution in [1.82, 2.24) is 4.90 Å². The summed E-state index contributed by atoms with van der Waals surface area (Å²) in [5.74, 6) is 0.176. The highest BCUT2D eigenvalue weighted by Crippen LogP contribution is 2.31. The minimum Gasteiger partial charge on any atom is -0.339 e. The standard InChI is InChI=1S/C23H28N2O/c1-23(2)16-20-18-10-6-5-9-17(18)11-12-19(20)21(24-23)15-22(26)25-13-7-3-4-8-14-25/h5-6,9-12,15,24H,3-4,7-8,13-14,16H2,1-2H3/p+1. The number of hydrogen-bond acceptors (Lipinski definition) is 1. The highest BCUT2D eigenvalue weighted by atomic mass is 16.2. The predicted octanol–water partition coefficient (Wildman–Crippen LogP) is 3.48. The molecular formula is C23H29N2O+. The third-order valence-corrected chi connectivity index (χ3v) is 5.73. The van der Waals surface area contributed by atoms with Crippen molar-refractivity contribution in [2.24, 2.45) is 0 Å². The van der Waals surface area contributed by atoms with Crippen molar-refractivity contribution in [2.75, 3.05) is 13.1 Å². The number of quaternary nitrogens is 1. The fraction of sp³-hybridized carbons (Fsp3) is 0.435. The van der Waals surface area contributed by atoms with Gasteiger partial charge in [0.1, 0.15) is 5.70 Å². The molecule has 2 aliphatic heterocycles. The van der Waals surface area contributed by atoms with Gasteiger partial charge in [-0.15, -0.1) is 0 Å². The number of amides is 1. The van der Waals surface area contributed by atoms with Crippen molar-refractivity contribution in [3.63, 3.8) is 0 Å². The smallest absolute Gasteiger partial charge is 0.252 e. The van der Waals surface area contributed by atoms with E-state index in [1.165, 1.54) is 34.7 Å². The van der Waals surface area contributed by atoms with Gasteiger partial charge in [0.15, 0.2) is 0 Å². The summed E-state index contributed by atoms with van der Waals surface area (Å²) in [5, 5.41) is 4.89. The van der Waals surface area contributed by atoms with Crippen molar-refractivity contribution in [3.05, 3.63) is 53.6 Å². The van der Waals surface area contributed by atoms with Gasteiger partial charge in [-0.1, -0.05) is 43.2 Å². The Balaban J connectivity index is 1.75. The minimum atomic E-state index is 0.0576. The summed E-state index contributed by atoms with van der Waals surface area (Å²) in [5.41, 5.74) is 3.76. The fourth-order valence-corrected chi connectivity index (χ4v) is 4.44. The molecule has 0 bridgehead atoms. The van der Waals surface area contributed by atoms with E-state index in [-0.39, 0.29) is 11.4 Å². The lowest BCUT2D eigenvalue weighted by Crippen LogP contribution is -2.94. The zero-order chi connectivity index (χ0) is 18.1. The van der Waals surface area contributed by atoms with Crippen molar-refractivity contribution >= 4 is 22.4 Å². The Bertz CT molecular complexity index is 858. The molecule has 4 rings (SSSR count). The van der Waals surface area contributed by atoms with Gasteiger partial charge in [-0.3, -0.25) is 4.79 Å². The second kappa shape index (κ2) is 6.88. The SMILES string of the molecule is CC1(C)Cc2c(ccc3ccccc23)C(=CC(=O)N2CCCCCC2)[NH2+]1. The first-order valence-corrected chi connectivity index (χ1v) is 9.91. The monoisotopic (exact) mass is 349 g/mol. The topological polar surface area (TPSA) is 36.9 Å². The van der Waals surface area contributed by atoms with Crippen molar-refractivity contribution in [3.8, 4) is 0 Å². The Labute approximate surface area is 156 Å². The van der Waals surface area contributed by atoms with Gasteiger partial charge in [-0.2, -0.15) is 0 Å². The molecule has 3 heteroatoms. The van der Waals surface area contributed by atoms with Crippen LogP contribution in [-0.4, -0.2) is 29.4 Å². The van der Waals surface area contributed by atoms with Crippen LogP contribution in [0.25, 0.3) is 16.5 Å². The maximum Gasteiger partial charge on any atom is 0.252 e. The number of benzene rings is 2. The maximum absolute atomic E-state index is 12.9. The number of nitrogens with two attached hydrogens (primary N) is 1. The summed E-state index contributed by atoms with van der Waals surface area (Å²) in [4.78, 5) is 15.0. The van der Waals surface area contributed by atoms with E-state index < -0.39 is 0 Å². The van der Waals surface area contributed by atoms with Gasteiger partial charge in [-0.25, -0.2) is 0 Å². The number of hydrogen-bond donors (Lipinski definition) is 1. The fourth-order valence-electron chi connectivity index (χ4n) is 4.44. The van der Waals surface area contributed by atoms with Crippen LogP contribution in [0.15, 0.2) is 42.5 Å². The molecular weight excluding hydrogens is 320 g/mol. The van der Waals surface area contributed by atoms with Crippen LogP contribution in [-0.2, 0) is 11.2 Å². The average Bonchev–Trinajstić information content (AvgIpc) is 2.90. The second-order valence-electron chi connectivity index (χ2n) is 8.46. The average molecular weight is 349 g/mol. The second-order valence-corrected chi connectivity index (χ2v) is 8.46. The van der Waals surface area contributed by atoms with Crippen LogP contribution in [0.1, 0.15) is 50.7 Å². The number of carbonyl (C=O) groups is 1. The summed E-state index contributed by atoms with van der Waals surface area (Å²) in [6.45, 7) is 6.33. The van der Waals surface area contributed by atoms with Crippen LogP contribution in [0.3, 0.4) is 0 Å². The molecule has 1 amide bonds. The van der Waals surface area contributed by atoms with Crippen molar-refractivity contribution in [1.29, 1.82) is 0 Å². The number of carbonyl (C=O) groups excluding carboxylic acids is 1. The van der Waals surface area contributed by atoms with E-state index in [0.29, 0.717) is 0 Å². The third-order valence-electron chi connectivity index (χ3n) is 5.73. The lowest BCUT2D eigenvalue weighted by molar-refractivity contribution is -0.641. The molecule has 136 valence electrons. The first-order valence-electron chi connectivity index (χ1n) is 9.91. The Morgan fingerprint density at radius 1 is 1.04 bits per heavy atom. The van der Waals surface area contributed by atoms with Crippen LogP contribution in [0.2, 0.25) is 0 Å². The summed E-state index contributed by atoms with van der Waals surface area (Å²) in [6.07, 6.45) is 7.65. The van der Waals surface area contributed by atoms with E-state index in [9.17, 15) is 4.79 Å². The molecule has 0 aromatic heterocycles. The molecule has 2 N–H and O–H groups in total. The van der Waals surface area contributed by atoms with Gasteiger partial charge < -0.3 is 10.2 Å². The first-order chi connectivity index (χ1) is 12.5. The summed E-state index contributed by atoms with van der Waals surface area (Å²) in [6, 6.07) is 13.0. The van der Waals surface area contributed by atoms with Crippen LogP contribution < -0.4 is 5.32 Å². The number of fused-ring (bicyclic) bond motifs is 3. The Morgan fingerprint density at radius 2 is 1.77 bits per heavy atom. The number of likely N-dealkylation sites (tertiary alicyclic amines) is 1. The van der Waals surface area contributed by atoms with Crippen molar-refractivity contribution in [2.45, 2.75) is 51.5 Å². The van der Waals surface area contributed by atoms with Crippen LogP contribution in [0, 0.1) is 0 Å². The van der Waals surface area contributed by atoms with E-state index >= 15 is 0 Å². The Kier molecular flexibility index (Phi) is 4.58. The lowest BCUT2D eigenvalue weighted by atomic mass is 9.83. The molecule has 0 spiro atoms. The van der Waals surface area contributed by atoms with Crippen LogP contribution in [0.5, 0.6) is 0 Å². The van der Waals surface area contributed by atoms with Gasteiger partial charge in [-0.05, 0) is 49.1 Å². The number of nitrogens with zero attached hydrogens (tertiary/aromatic N) is 1. The molecule has 26 heavy (non-hydrogen) atoms. The van der Waals surface area contributed by atoms with E-state index in [1.54, 1.807) is 0 Å². The van der Waals surface area contributed by atoms with E-state index in [4.69, 9.17) is 0 Å². The van der Waals surface area contributed by atoms with E-state index in [1.807, 2.05) is 11.0 Å². The summed E-state index contributed by atoms with van der Waals surface area (Å²) >= 11 is 0. The molecule has 2 aliphatic rings. The number of rotatable bonds is 1. The molecule has 1 fully saturated rings. The molecule has 0 aliphatic carbocycles. The van der Waals surface area contributed by atoms with Crippen LogP contribution >= 0.6 is 0 Å². The van der Waals surface area contributed by atoms with Gasteiger partial charge >= 0.3 is 0 Å².